The van der Waals surface area contributed by atoms with E-state index in [1.807, 2.05) is 24.4 Å². The molecule has 1 amide bonds. The van der Waals surface area contributed by atoms with Gasteiger partial charge in [-0.2, -0.15) is 0 Å². The summed E-state index contributed by atoms with van der Waals surface area (Å²) in [4.78, 5) is 17.7. The lowest BCUT2D eigenvalue weighted by Crippen LogP contribution is -2.44. The van der Waals surface area contributed by atoms with Crippen molar-refractivity contribution in [2.24, 2.45) is 11.7 Å². The maximum Gasteiger partial charge on any atom is 0.241 e. The van der Waals surface area contributed by atoms with Gasteiger partial charge in [0.25, 0.3) is 0 Å². The van der Waals surface area contributed by atoms with Crippen LogP contribution in [0, 0.1) is 12.8 Å². The van der Waals surface area contributed by atoms with E-state index < -0.39 is 6.04 Å². The molecule has 1 unspecified atom stereocenters. The van der Waals surface area contributed by atoms with Crippen LogP contribution in [-0.2, 0) is 9.53 Å². The Balaban J connectivity index is 0.00000243. The molecule has 0 aliphatic carbocycles. The molecule has 3 N–H and O–H groups in total. The lowest BCUT2D eigenvalue weighted by atomic mass is 9.92. The Kier molecular flexibility index (Phi) is 8.19. The number of rotatable bonds is 5. The lowest BCUT2D eigenvalue weighted by molar-refractivity contribution is -0.119. The van der Waals surface area contributed by atoms with Crippen LogP contribution in [-0.4, -0.2) is 30.1 Å². The molecule has 1 aromatic heterocycles. The first kappa shape index (κ1) is 21.5. The van der Waals surface area contributed by atoms with Crippen LogP contribution < -0.4 is 11.1 Å². The zero-order valence-electron chi connectivity index (χ0n) is 14.2. The first-order chi connectivity index (χ1) is 12.0. The zero-order chi connectivity index (χ0) is 17.8. The number of aromatic nitrogens is 1. The Labute approximate surface area is 172 Å². The number of benzene rings is 1. The lowest BCUT2D eigenvalue weighted by Gasteiger charge is -2.26. The van der Waals surface area contributed by atoms with Crippen molar-refractivity contribution in [2.45, 2.75) is 35.0 Å². The van der Waals surface area contributed by atoms with Gasteiger partial charge in [0.2, 0.25) is 5.91 Å². The van der Waals surface area contributed by atoms with Crippen LogP contribution in [0.4, 0.5) is 5.69 Å². The molecular formula is C17H21Cl2N3O2S2. The number of hydrogen-bond acceptors (Lipinski definition) is 6. The highest BCUT2D eigenvalue weighted by Crippen LogP contribution is 2.36. The molecule has 9 heteroatoms. The van der Waals surface area contributed by atoms with Crippen molar-refractivity contribution in [3.8, 4) is 0 Å². The number of halogens is 2. The van der Waals surface area contributed by atoms with Crippen molar-refractivity contribution >= 4 is 58.7 Å². The molecule has 2 heterocycles. The third-order valence-corrected chi connectivity index (χ3v) is 6.63. The smallest absolute Gasteiger partial charge is 0.241 e. The van der Waals surface area contributed by atoms with Gasteiger partial charge >= 0.3 is 0 Å². The second kappa shape index (κ2) is 9.92. The van der Waals surface area contributed by atoms with Crippen LogP contribution in [0.25, 0.3) is 0 Å². The average molecular weight is 434 g/mol. The van der Waals surface area contributed by atoms with Gasteiger partial charge in [-0.15, -0.1) is 23.7 Å². The van der Waals surface area contributed by atoms with Gasteiger partial charge in [0.15, 0.2) is 4.34 Å². The predicted molar refractivity (Wildman–Crippen MR) is 110 cm³/mol. The van der Waals surface area contributed by atoms with Crippen molar-refractivity contribution in [2.75, 3.05) is 18.5 Å². The summed E-state index contributed by atoms with van der Waals surface area (Å²) in [5.74, 6) is -0.0221. The Morgan fingerprint density at radius 2 is 2.19 bits per heavy atom. The fraction of sp³-hybridized carbons (Fsp3) is 0.412. The number of nitrogens with one attached hydrogen (secondary N) is 1. The number of nitrogens with two attached hydrogens (primary N) is 1. The summed E-state index contributed by atoms with van der Waals surface area (Å²) in [6.07, 6.45) is 1.64. The summed E-state index contributed by atoms with van der Waals surface area (Å²) in [6.45, 7) is 3.29. The highest BCUT2D eigenvalue weighted by Gasteiger charge is 2.26. The largest absolute Gasteiger partial charge is 0.381 e. The summed E-state index contributed by atoms with van der Waals surface area (Å²) < 4.78 is 6.26. The fourth-order valence-electron chi connectivity index (χ4n) is 2.65. The van der Waals surface area contributed by atoms with E-state index in [1.165, 1.54) is 11.8 Å². The number of hydrogen-bond donors (Lipinski definition) is 2. The third-order valence-electron chi connectivity index (χ3n) is 4.07. The first-order valence-corrected chi connectivity index (χ1v) is 10.1. The molecule has 0 saturated carbocycles. The van der Waals surface area contributed by atoms with Crippen molar-refractivity contribution in [3.05, 3.63) is 34.3 Å². The van der Waals surface area contributed by atoms with Gasteiger partial charge in [0.05, 0.1) is 11.1 Å². The minimum absolute atomic E-state index is 0. The second-order valence-corrected chi connectivity index (χ2v) is 8.52. The van der Waals surface area contributed by atoms with E-state index in [9.17, 15) is 4.79 Å². The average Bonchev–Trinajstić information content (AvgIpc) is 3.02. The SMILES string of the molecule is Cc1csc(Sc2ccc(NC(=O)C(N)C3CCOCC3)cc2Cl)n1.Cl. The molecule has 0 radical (unpaired) electrons. The number of aryl methyl sites for hydroxylation is 1. The van der Waals surface area contributed by atoms with E-state index in [2.05, 4.69) is 10.3 Å². The molecule has 0 bridgehead atoms. The van der Waals surface area contributed by atoms with Crippen LogP contribution in [0.3, 0.4) is 0 Å². The van der Waals surface area contributed by atoms with E-state index in [-0.39, 0.29) is 24.2 Å². The normalized spacial score (nSPS) is 16.0. The Morgan fingerprint density at radius 1 is 1.46 bits per heavy atom. The molecule has 1 fully saturated rings. The van der Waals surface area contributed by atoms with Crippen molar-refractivity contribution < 1.29 is 9.53 Å². The quantitative estimate of drug-likeness (QED) is 0.731. The number of anilines is 1. The zero-order valence-corrected chi connectivity index (χ0v) is 17.4. The third kappa shape index (κ3) is 5.58. The Hall–Kier alpha value is -0.830. The summed E-state index contributed by atoms with van der Waals surface area (Å²) in [6, 6.07) is 4.94. The van der Waals surface area contributed by atoms with Gasteiger partial charge in [-0.25, -0.2) is 4.98 Å². The van der Waals surface area contributed by atoms with E-state index in [0.717, 1.165) is 27.8 Å². The van der Waals surface area contributed by atoms with E-state index in [4.69, 9.17) is 22.1 Å². The van der Waals surface area contributed by atoms with Gasteiger partial charge in [-0.3, -0.25) is 4.79 Å². The van der Waals surface area contributed by atoms with Gasteiger partial charge in [0.1, 0.15) is 0 Å². The molecule has 26 heavy (non-hydrogen) atoms. The van der Waals surface area contributed by atoms with Gasteiger partial charge in [-0.05, 0) is 43.9 Å². The molecule has 2 aromatic rings. The monoisotopic (exact) mass is 433 g/mol. The molecule has 1 aliphatic rings. The highest BCUT2D eigenvalue weighted by atomic mass is 35.5. The number of carbonyl (C=O) groups is 1. The number of carbonyl (C=O) groups excluding carboxylic acids is 1. The van der Waals surface area contributed by atoms with E-state index in [0.29, 0.717) is 23.9 Å². The van der Waals surface area contributed by atoms with Crippen LogP contribution in [0.15, 0.2) is 32.8 Å². The minimum atomic E-state index is -0.532. The highest BCUT2D eigenvalue weighted by molar-refractivity contribution is 8.01. The van der Waals surface area contributed by atoms with E-state index >= 15 is 0 Å². The van der Waals surface area contributed by atoms with E-state index in [1.54, 1.807) is 17.4 Å². The van der Waals surface area contributed by atoms with Crippen molar-refractivity contribution in [1.29, 1.82) is 0 Å². The molecule has 0 spiro atoms. The van der Waals surface area contributed by atoms with Crippen molar-refractivity contribution in [3.63, 3.8) is 0 Å². The number of thiazole rings is 1. The maximum absolute atomic E-state index is 12.4. The molecule has 142 valence electrons. The molecule has 1 aromatic carbocycles. The first-order valence-electron chi connectivity index (χ1n) is 8.06. The molecule has 1 saturated heterocycles. The van der Waals surface area contributed by atoms with Gasteiger partial charge < -0.3 is 15.8 Å². The fourth-order valence-corrected chi connectivity index (χ4v) is 4.74. The van der Waals surface area contributed by atoms with Crippen LogP contribution in [0.1, 0.15) is 18.5 Å². The Morgan fingerprint density at radius 3 is 2.81 bits per heavy atom. The molecular weight excluding hydrogens is 413 g/mol. The molecule has 1 aliphatic heterocycles. The number of ether oxygens (including phenoxy) is 1. The summed E-state index contributed by atoms with van der Waals surface area (Å²) >= 11 is 9.45. The topological polar surface area (TPSA) is 77.2 Å². The maximum atomic E-state index is 12.4. The molecule has 1 atom stereocenters. The summed E-state index contributed by atoms with van der Waals surface area (Å²) in [5, 5.41) is 5.45. The molecule has 3 rings (SSSR count). The van der Waals surface area contributed by atoms with Crippen molar-refractivity contribution in [1.82, 2.24) is 4.98 Å². The summed E-state index contributed by atoms with van der Waals surface area (Å²) in [5.41, 5.74) is 7.75. The number of nitrogens with zero attached hydrogens (tertiary/aromatic N) is 1. The van der Waals surface area contributed by atoms with Crippen LogP contribution in [0.5, 0.6) is 0 Å². The number of amides is 1. The standard InChI is InChI=1S/C17H20ClN3O2S2.ClH/c1-10-9-24-17(20-10)25-14-3-2-12(8-13(14)18)21-16(22)15(19)11-4-6-23-7-5-11;/h2-3,8-9,11,15H,4-7,19H2,1H3,(H,21,22);1H. The Bertz CT molecular complexity index is 751. The minimum Gasteiger partial charge on any atom is -0.381 e. The van der Waals surface area contributed by atoms with Gasteiger partial charge in [-0.1, -0.05) is 23.4 Å². The van der Waals surface area contributed by atoms with Crippen LogP contribution in [0.2, 0.25) is 5.02 Å². The predicted octanol–water partition coefficient (Wildman–Crippen LogP) is 4.37. The van der Waals surface area contributed by atoms with Gasteiger partial charge in [0, 0.05) is 34.9 Å². The summed E-state index contributed by atoms with van der Waals surface area (Å²) in [7, 11) is 0. The molecule has 5 nitrogen and oxygen atoms in total. The van der Waals surface area contributed by atoms with Crippen LogP contribution >= 0.6 is 47.1 Å². The second-order valence-electron chi connectivity index (χ2n) is 5.97.